The number of hydrogen-bond donors (Lipinski definition) is 0. The number of para-hydroxylation sites is 2. The third kappa shape index (κ3) is 5.44. The van der Waals surface area contributed by atoms with Crippen molar-refractivity contribution in [3.8, 4) is 33.4 Å². The molecular formula is C56H35NO2. The first-order valence-corrected chi connectivity index (χ1v) is 20.1. The van der Waals surface area contributed by atoms with Crippen molar-refractivity contribution in [3.05, 3.63) is 212 Å². The van der Waals surface area contributed by atoms with E-state index >= 15 is 0 Å². The molecule has 12 rings (SSSR count). The van der Waals surface area contributed by atoms with Crippen LogP contribution in [0.2, 0.25) is 0 Å². The number of fused-ring (bicyclic) bond motifs is 10. The lowest BCUT2D eigenvalue weighted by molar-refractivity contribution is 0.672. The van der Waals surface area contributed by atoms with Gasteiger partial charge in [-0.05, 0) is 93.2 Å². The highest BCUT2D eigenvalue weighted by molar-refractivity contribution is 6.18. The molecule has 276 valence electrons. The number of nitrogens with zero attached hydrogens (tertiary/aromatic N) is 1. The minimum absolute atomic E-state index is 0.907. The molecule has 0 aliphatic heterocycles. The fourth-order valence-electron chi connectivity index (χ4n) is 9.01. The summed E-state index contributed by atoms with van der Waals surface area (Å²) < 4.78 is 13.1. The van der Waals surface area contributed by atoms with E-state index in [-0.39, 0.29) is 0 Å². The van der Waals surface area contributed by atoms with E-state index < -0.39 is 0 Å². The van der Waals surface area contributed by atoms with Crippen molar-refractivity contribution in [1.29, 1.82) is 0 Å². The number of benzene rings is 10. The summed E-state index contributed by atoms with van der Waals surface area (Å²) in [4.78, 5) is 2.33. The minimum atomic E-state index is 0.907. The third-order valence-corrected chi connectivity index (χ3v) is 11.9. The van der Waals surface area contributed by atoms with Gasteiger partial charge in [-0.25, -0.2) is 0 Å². The monoisotopic (exact) mass is 753 g/mol. The van der Waals surface area contributed by atoms with Crippen molar-refractivity contribution < 1.29 is 8.83 Å². The van der Waals surface area contributed by atoms with Gasteiger partial charge >= 0.3 is 0 Å². The highest BCUT2D eigenvalue weighted by Gasteiger charge is 2.18. The van der Waals surface area contributed by atoms with Gasteiger partial charge in [-0.3, -0.25) is 0 Å². The van der Waals surface area contributed by atoms with Crippen LogP contribution in [-0.2, 0) is 0 Å². The molecule has 0 radical (unpaired) electrons. The second-order valence-electron chi connectivity index (χ2n) is 15.2. The van der Waals surface area contributed by atoms with Gasteiger partial charge in [0.05, 0.1) is 0 Å². The van der Waals surface area contributed by atoms with Gasteiger partial charge in [0, 0.05) is 54.9 Å². The minimum Gasteiger partial charge on any atom is -0.455 e. The van der Waals surface area contributed by atoms with Crippen LogP contribution >= 0.6 is 0 Å². The summed E-state index contributed by atoms with van der Waals surface area (Å²) in [5.74, 6) is 0. The van der Waals surface area contributed by atoms with E-state index in [0.29, 0.717) is 0 Å². The molecule has 3 heteroatoms. The average Bonchev–Trinajstić information content (AvgIpc) is 3.89. The summed E-state index contributed by atoms with van der Waals surface area (Å²) in [6.07, 6.45) is 0. The standard InChI is InChI=1S/C56H35NO2/c1-2-10-36(11-3-1)37-20-27-41(28-21-37)57(42-29-22-39(23-30-42)44-15-8-17-49-47(44)34-35-51-48-14-6-7-19-53(48)58-56(49)51)43-31-24-40(25-32-43)46-16-9-18-50-52-33-26-38-12-4-5-13-45(38)55(52)59-54(46)50/h1-35H. The Morgan fingerprint density at radius 2 is 0.729 bits per heavy atom. The van der Waals surface area contributed by atoms with Gasteiger partial charge in [0.2, 0.25) is 0 Å². The Labute approximate surface area is 340 Å². The number of furan rings is 2. The maximum absolute atomic E-state index is 6.71. The summed E-state index contributed by atoms with van der Waals surface area (Å²) in [7, 11) is 0. The fraction of sp³-hybridized carbons (Fsp3) is 0. The van der Waals surface area contributed by atoms with E-state index in [4.69, 9.17) is 8.83 Å². The molecule has 0 atom stereocenters. The van der Waals surface area contributed by atoms with Crippen LogP contribution in [0, 0.1) is 0 Å². The lowest BCUT2D eigenvalue weighted by Crippen LogP contribution is -2.09. The maximum Gasteiger partial charge on any atom is 0.143 e. The van der Waals surface area contributed by atoms with Gasteiger partial charge in [-0.2, -0.15) is 0 Å². The molecule has 2 heterocycles. The van der Waals surface area contributed by atoms with Crippen LogP contribution < -0.4 is 4.90 Å². The molecule has 0 amide bonds. The van der Waals surface area contributed by atoms with Crippen LogP contribution in [-0.4, -0.2) is 0 Å². The van der Waals surface area contributed by atoms with Gasteiger partial charge < -0.3 is 13.7 Å². The fourth-order valence-corrected chi connectivity index (χ4v) is 9.01. The van der Waals surface area contributed by atoms with Gasteiger partial charge in [0.1, 0.15) is 22.3 Å². The highest BCUT2D eigenvalue weighted by atomic mass is 16.3. The molecule has 0 aliphatic carbocycles. The van der Waals surface area contributed by atoms with Gasteiger partial charge in [-0.15, -0.1) is 0 Å². The topological polar surface area (TPSA) is 29.5 Å². The second-order valence-corrected chi connectivity index (χ2v) is 15.2. The van der Waals surface area contributed by atoms with Crippen LogP contribution in [0.25, 0.3) is 98.8 Å². The van der Waals surface area contributed by atoms with Crippen LogP contribution in [0.15, 0.2) is 221 Å². The lowest BCUT2D eigenvalue weighted by Gasteiger charge is -2.26. The van der Waals surface area contributed by atoms with Crippen molar-refractivity contribution in [3.63, 3.8) is 0 Å². The van der Waals surface area contributed by atoms with Crippen LogP contribution in [0.4, 0.5) is 17.1 Å². The molecule has 0 saturated heterocycles. The van der Waals surface area contributed by atoms with Crippen LogP contribution in [0.3, 0.4) is 0 Å². The molecule has 0 fully saturated rings. The normalized spacial score (nSPS) is 11.7. The van der Waals surface area contributed by atoms with E-state index in [9.17, 15) is 0 Å². The zero-order valence-corrected chi connectivity index (χ0v) is 32.0. The zero-order valence-electron chi connectivity index (χ0n) is 32.0. The molecule has 0 unspecified atom stereocenters. The molecule has 0 saturated carbocycles. The summed E-state index contributed by atoms with van der Waals surface area (Å²) in [5.41, 5.74) is 13.8. The number of rotatable bonds is 6. The largest absolute Gasteiger partial charge is 0.455 e. The molecule has 0 aliphatic rings. The Bertz CT molecular complexity index is 3520. The molecule has 0 spiro atoms. The Hall–Kier alpha value is -7.88. The molecular weight excluding hydrogens is 719 g/mol. The lowest BCUT2D eigenvalue weighted by atomic mass is 9.96. The Kier molecular flexibility index (Phi) is 7.54. The van der Waals surface area contributed by atoms with Crippen molar-refractivity contribution in [2.45, 2.75) is 0 Å². The highest BCUT2D eigenvalue weighted by Crippen LogP contribution is 2.42. The first-order valence-electron chi connectivity index (χ1n) is 20.1. The predicted molar refractivity (Wildman–Crippen MR) is 247 cm³/mol. The van der Waals surface area contributed by atoms with Crippen molar-refractivity contribution in [2.75, 3.05) is 4.90 Å². The second kappa shape index (κ2) is 13.4. The molecule has 12 aromatic rings. The molecule has 0 bridgehead atoms. The number of hydrogen-bond acceptors (Lipinski definition) is 3. The predicted octanol–water partition coefficient (Wildman–Crippen LogP) is 16.3. The molecule has 3 nitrogen and oxygen atoms in total. The summed E-state index contributed by atoms with van der Waals surface area (Å²) in [6, 6.07) is 75.6. The van der Waals surface area contributed by atoms with Crippen molar-refractivity contribution in [1.82, 2.24) is 0 Å². The van der Waals surface area contributed by atoms with Gasteiger partial charge in [0.25, 0.3) is 0 Å². The van der Waals surface area contributed by atoms with E-state index in [0.717, 1.165) is 88.4 Å². The molecule has 59 heavy (non-hydrogen) atoms. The first-order chi connectivity index (χ1) is 29.2. The maximum atomic E-state index is 6.71. The Morgan fingerprint density at radius 3 is 1.46 bits per heavy atom. The van der Waals surface area contributed by atoms with E-state index in [2.05, 4.69) is 205 Å². The van der Waals surface area contributed by atoms with Crippen LogP contribution in [0.5, 0.6) is 0 Å². The average molecular weight is 754 g/mol. The van der Waals surface area contributed by atoms with Gasteiger partial charge in [0.15, 0.2) is 0 Å². The van der Waals surface area contributed by atoms with Crippen molar-refractivity contribution >= 4 is 82.5 Å². The SMILES string of the molecule is c1ccc(-c2ccc(N(c3ccc(-c4cccc5c4ccc4c6ccccc6oc54)cc3)c3ccc(-c4cccc5c4oc4c6ccccc6ccc54)cc3)cc2)cc1. The smallest absolute Gasteiger partial charge is 0.143 e. The first kappa shape index (κ1) is 33.3. The van der Waals surface area contributed by atoms with Crippen LogP contribution in [0.1, 0.15) is 0 Å². The molecule has 2 aromatic heterocycles. The zero-order chi connectivity index (χ0) is 38.9. The van der Waals surface area contributed by atoms with E-state index in [1.54, 1.807) is 0 Å². The third-order valence-electron chi connectivity index (χ3n) is 11.9. The van der Waals surface area contributed by atoms with E-state index in [1.165, 1.54) is 27.5 Å². The Balaban J connectivity index is 0.946. The van der Waals surface area contributed by atoms with Crippen molar-refractivity contribution in [2.24, 2.45) is 0 Å². The van der Waals surface area contributed by atoms with E-state index in [1.807, 2.05) is 12.1 Å². The summed E-state index contributed by atoms with van der Waals surface area (Å²) >= 11 is 0. The van der Waals surface area contributed by atoms with Gasteiger partial charge in [-0.1, -0.05) is 158 Å². The molecule has 0 N–H and O–H groups in total. The summed E-state index contributed by atoms with van der Waals surface area (Å²) in [6.45, 7) is 0. The quantitative estimate of drug-likeness (QED) is 0.169. The summed E-state index contributed by atoms with van der Waals surface area (Å²) in [5, 5.41) is 9.14. The number of anilines is 3. The molecule has 10 aromatic carbocycles. The Morgan fingerprint density at radius 1 is 0.254 bits per heavy atom.